The van der Waals surface area contributed by atoms with Gasteiger partial charge in [0.2, 0.25) is 0 Å². The Bertz CT molecular complexity index is 473. The number of nitrogen functional groups attached to an aromatic ring is 1. The molecule has 0 saturated heterocycles. The Morgan fingerprint density at radius 2 is 2.22 bits per heavy atom. The lowest BCUT2D eigenvalue weighted by Crippen LogP contribution is -2.24. The molecule has 0 saturated carbocycles. The predicted molar refractivity (Wildman–Crippen MR) is 74.8 cm³/mol. The van der Waals surface area contributed by atoms with E-state index in [1.807, 2.05) is 29.8 Å². The lowest BCUT2D eigenvalue weighted by atomic mass is 10.3. The summed E-state index contributed by atoms with van der Waals surface area (Å²) < 4.78 is 5.64. The molecule has 0 unspecified atom stereocenters. The fraction of sp³-hybridized carbons (Fsp3) is 0.308. The van der Waals surface area contributed by atoms with Crippen LogP contribution in [-0.2, 0) is 6.54 Å². The first kappa shape index (κ1) is 12.9. The van der Waals surface area contributed by atoms with Crippen LogP contribution in [0.5, 0.6) is 5.75 Å². The van der Waals surface area contributed by atoms with Gasteiger partial charge in [0, 0.05) is 18.5 Å². The van der Waals surface area contributed by atoms with Gasteiger partial charge in [0.05, 0.1) is 16.9 Å². The average Bonchev–Trinajstić information content (AvgIpc) is 2.84. The van der Waals surface area contributed by atoms with Crippen LogP contribution < -0.4 is 10.5 Å². The van der Waals surface area contributed by atoms with Crippen molar-refractivity contribution < 1.29 is 4.74 Å². The van der Waals surface area contributed by atoms with Crippen LogP contribution in [0.4, 0.5) is 5.69 Å². The van der Waals surface area contributed by atoms with Crippen LogP contribution in [0, 0.1) is 0 Å². The third kappa shape index (κ3) is 3.72. The largest absolute Gasteiger partial charge is 0.490 e. The molecular formula is C13H17N3OS. The first-order valence-electron chi connectivity index (χ1n) is 5.78. The third-order valence-electron chi connectivity index (χ3n) is 2.56. The van der Waals surface area contributed by atoms with Crippen molar-refractivity contribution in [2.75, 3.05) is 25.9 Å². The maximum atomic E-state index is 5.80. The number of hydrogen-bond acceptors (Lipinski definition) is 5. The second kappa shape index (κ2) is 6.37. The summed E-state index contributed by atoms with van der Waals surface area (Å²) in [6.07, 6.45) is 0. The number of aromatic nitrogens is 1. The molecule has 0 atom stereocenters. The van der Waals surface area contributed by atoms with Gasteiger partial charge in [-0.2, -0.15) is 0 Å². The number of para-hydroxylation sites is 2. The van der Waals surface area contributed by atoms with Crippen LogP contribution in [0.1, 0.15) is 5.69 Å². The SMILES string of the molecule is CN(CCOc1ccccc1N)Cc1cscn1. The van der Waals surface area contributed by atoms with Gasteiger partial charge in [0.1, 0.15) is 12.4 Å². The molecule has 0 radical (unpaired) electrons. The lowest BCUT2D eigenvalue weighted by molar-refractivity contribution is 0.232. The summed E-state index contributed by atoms with van der Waals surface area (Å²) in [6, 6.07) is 7.55. The predicted octanol–water partition coefficient (Wildman–Crippen LogP) is 2.24. The molecule has 0 aliphatic carbocycles. The van der Waals surface area contributed by atoms with E-state index in [9.17, 15) is 0 Å². The Hall–Kier alpha value is -1.59. The molecule has 0 aliphatic rings. The van der Waals surface area contributed by atoms with Crippen molar-refractivity contribution >= 4 is 17.0 Å². The number of likely N-dealkylation sites (N-methyl/N-ethyl adjacent to an activating group) is 1. The average molecular weight is 263 g/mol. The van der Waals surface area contributed by atoms with Gasteiger partial charge in [-0.05, 0) is 19.2 Å². The smallest absolute Gasteiger partial charge is 0.142 e. The zero-order valence-electron chi connectivity index (χ0n) is 10.4. The first-order valence-corrected chi connectivity index (χ1v) is 6.73. The molecule has 0 spiro atoms. The molecule has 0 amide bonds. The van der Waals surface area contributed by atoms with Crippen LogP contribution in [-0.4, -0.2) is 30.1 Å². The Kier molecular flexibility index (Phi) is 4.55. The van der Waals surface area contributed by atoms with Crippen molar-refractivity contribution in [1.29, 1.82) is 0 Å². The number of anilines is 1. The zero-order chi connectivity index (χ0) is 12.8. The minimum atomic E-state index is 0.620. The molecule has 1 aromatic carbocycles. The number of rotatable bonds is 6. The Balaban J connectivity index is 1.74. The molecule has 96 valence electrons. The van der Waals surface area contributed by atoms with Gasteiger partial charge in [0.25, 0.3) is 0 Å². The second-order valence-corrected chi connectivity index (χ2v) is 4.82. The third-order valence-corrected chi connectivity index (χ3v) is 3.20. The molecule has 0 fully saturated rings. The van der Waals surface area contributed by atoms with Crippen molar-refractivity contribution in [3.8, 4) is 5.75 Å². The summed E-state index contributed by atoms with van der Waals surface area (Å²) in [5.41, 5.74) is 9.43. The zero-order valence-corrected chi connectivity index (χ0v) is 11.2. The maximum absolute atomic E-state index is 5.80. The molecule has 2 rings (SSSR count). The highest BCUT2D eigenvalue weighted by Gasteiger charge is 2.03. The molecule has 0 bridgehead atoms. The highest BCUT2D eigenvalue weighted by Crippen LogP contribution is 2.19. The van der Waals surface area contributed by atoms with Crippen LogP contribution in [0.3, 0.4) is 0 Å². The van der Waals surface area contributed by atoms with Gasteiger partial charge in [-0.15, -0.1) is 11.3 Å². The van der Waals surface area contributed by atoms with E-state index in [1.165, 1.54) is 0 Å². The summed E-state index contributed by atoms with van der Waals surface area (Å²) in [5, 5.41) is 2.06. The molecule has 5 heteroatoms. The van der Waals surface area contributed by atoms with E-state index in [4.69, 9.17) is 10.5 Å². The molecule has 4 nitrogen and oxygen atoms in total. The van der Waals surface area contributed by atoms with Crippen molar-refractivity contribution in [3.63, 3.8) is 0 Å². The van der Waals surface area contributed by atoms with E-state index in [0.717, 1.165) is 24.5 Å². The summed E-state index contributed by atoms with van der Waals surface area (Å²) in [5.74, 6) is 0.750. The minimum Gasteiger partial charge on any atom is -0.490 e. The van der Waals surface area contributed by atoms with Gasteiger partial charge in [-0.3, -0.25) is 4.90 Å². The normalized spacial score (nSPS) is 10.8. The summed E-state index contributed by atoms with van der Waals surface area (Å²) in [7, 11) is 2.05. The molecule has 2 N–H and O–H groups in total. The van der Waals surface area contributed by atoms with Gasteiger partial charge < -0.3 is 10.5 Å². The number of thiazole rings is 1. The molecule has 0 aliphatic heterocycles. The fourth-order valence-corrected chi connectivity index (χ4v) is 2.14. The van der Waals surface area contributed by atoms with Gasteiger partial charge in [-0.1, -0.05) is 12.1 Å². The fourth-order valence-electron chi connectivity index (χ4n) is 1.59. The number of nitrogens with zero attached hydrogens (tertiary/aromatic N) is 2. The van der Waals surface area contributed by atoms with Crippen LogP contribution >= 0.6 is 11.3 Å². The molecule has 18 heavy (non-hydrogen) atoms. The van der Waals surface area contributed by atoms with E-state index in [2.05, 4.69) is 22.3 Å². The first-order chi connectivity index (χ1) is 8.75. The lowest BCUT2D eigenvalue weighted by Gasteiger charge is -2.16. The van der Waals surface area contributed by atoms with E-state index in [1.54, 1.807) is 11.3 Å². The van der Waals surface area contributed by atoms with Gasteiger partial charge in [-0.25, -0.2) is 4.98 Å². The highest BCUT2D eigenvalue weighted by molar-refractivity contribution is 7.07. The molecular weight excluding hydrogens is 246 g/mol. The number of hydrogen-bond donors (Lipinski definition) is 1. The van der Waals surface area contributed by atoms with E-state index in [0.29, 0.717) is 12.3 Å². The minimum absolute atomic E-state index is 0.620. The van der Waals surface area contributed by atoms with Crippen molar-refractivity contribution in [2.24, 2.45) is 0 Å². The second-order valence-electron chi connectivity index (χ2n) is 4.10. The summed E-state index contributed by atoms with van der Waals surface area (Å²) in [6.45, 7) is 2.30. The van der Waals surface area contributed by atoms with Crippen LogP contribution in [0.15, 0.2) is 35.2 Å². The number of benzene rings is 1. The molecule has 2 aromatic rings. The maximum Gasteiger partial charge on any atom is 0.142 e. The van der Waals surface area contributed by atoms with Crippen molar-refractivity contribution in [1.82, 2.24) is 9.88 Å². The Morgan fingerprint density at radius 3 is 2.94 bits per heavy atom. The molecule has 1 heterocycles. The van der Waals surface area contributed by atoms with E-state index in [-0.39, 0.29) is 0 Å². The monoisotopic (exact) mass is 263 g/mol. The topological polar surface area (TPSA) is 51.4 Å². The Morgan fingerprint density at radius 1 is 1.39 bits per heavy atom. The van der Waals surface area contributed by atoms with Crippen molar-refractivity contribution in [3.05, 3.63) is 40.8 Å². The Labute approximate surface area is 111 Å². The van der Waals surface area contributed by atoms with Crippen molar-refractivity contribution in [2.45, 2.75) is 6.54 Å². The summed E-state index contributed by atoms with van der Waals surface area (Å²) in [4.78, 5) is 6.43. The van der Waals surface area contributed by atoms with Crippen LogP contribution in [0.25, 0.3) is 0 Å². The van der Waals surface area contributed by atoms with E-state index >= 15 is 0 Å². The summed E-state index contributed by atoms with van der Waals surface area (Å²) >= 11 is 1.62. The van der Waals surface area contributed by atoms with Gasteiger partial charge in [0.15, 0.2) is 0 Å². The molecule has 1 aromatic heterocycles. The quantitative estimate of drug-likeness (QED) is 0.812. The number of ether oxygens (including phenoxy) is 1. The standard InChI is InChI=1S/C13H17N3OS/c1-16(8-11-9-18-10-15-11)6-7-17-13-5-3-2-4-12(13)14/h2-5,9-10H,6-8,14H2,1H3. The van der Waals surface area contributed by atoms with E-state index < -0.39 is 0 Å². The highest BCUT2D eigenvalue weighted by atomic mass is 32.1. The van der Waals surface area contributed by atoms with Crippen LogP contribution in [0.2, 0.25) is 0 Å². The van der Waals surface area contributed by atoms with Gasteiger partial charge >= 0.3 is 0 Å². The number of nitrogens with two attached hydrogens (primary N) is 1.